The van der Waals surface area contributed by atoms with Crippen molar-refractivity contribution in [1.29, 1.82) is 0 Å². The second kappa shape index (κ2) is 7.31. The Morgan fingerprint density at radius 2 is 1.60 bits per heavy atom. The van der Waals surface area contributed by atoms with Crippen LogP contribution in [0.25, 0.3) is 0 Å². The maximum Gasteiger partial charge on any atom is 0.159 e. The Balaban J connectivity index is 1.89. The zero-order valence-electron chi connectivity index (χ0n) is 12.5. The van der Waals surface area contributed by atoms with Gasteiger partial charge in [0, 0.05) is 10.7 Å². The normalized spacial score (nSPS) is 10.6. The quantitative estimate of drug-likeness (QED) is 0.530. The molecule has 5 nitrogen and oxygen atoms in total. The van der Waals surface area contributed by atoms with Crippen molar-refractivity contribution < 1.29 is 4.39 Å². The molecule has 9 heteroatoms. The second-order valence-corrected chi connectivity index (χ2v) is 6.24. The average molecular weight is 399 g/mol. The number of aromatic nitrogens is 2. The summed E-state index contributed by atoms with van der Waals surface area (Å²) in [5.41, 5.74) is 7.43. The summed E-state index contributed by atoms with van der Waals surface area (Å²) >= 11 is 17.9. The molecule has 0 saturated heterocycles. The maximum absolute atomic E-state index is 13.3. The first kappa shape index (κ1) is 17.5. The number of benzene rings is 2. The molecule has 0 aliphatic rings. The molecule has 0 atom stereocenters. The third kappa shape index (κ3) is 4.04. The van der Waals surface area contributed by atoms with Gasteiger partial charge in [-0.2, -0.15) is 0 Å². The van der Waals surface area contributed by atoms with Crippen LogP contribution in [0.1, 0.15) is 0 Å². The van der Waals surface area contributed by atoms with E-state index in [9.17, 15) is 4.39 Å². The summed E-state index contributed by atoms with van der Waals surface area (Å²) in [6.45, 7) is 0. The van der Waals surface area contributed by atoms with Gasteiger partial charge in [-0.3, -0.25) is 0 Å². The van der Waals surface area contributed by atoms with Crippen molar-refractivity contribution in [2.24, 2.45) is 0 Å². The van der Waals surface area contributed by atoms with Crippen LogP contribution in [0.2, 0.25) is 15.1 Å². The highest BCUT2D eigenvalue weighted by Crippen LogP contribution is 2.32. The number of hydrogen-bond donors (Lipinski definition) is 3. The first-order chi connectivity index (χ1) is 11.9. The summed E-state index contributed by atoms with van der Waals surface area (Å²) in [4.78, 5) is 8.19. The lowest BCUT2D eigenvalue weighted by molar-refractivity contribution is 0.628. The Bertz CT molecular complexity index is 936. The number of hydrogen-bond acceptors (Lipinski definition) is 5. The molecule has 1 heterocycles. The van der Waals surface area contributed by atoms with E-state index in [0.717, 1.165) is 0 Å². The Hall–Kier alpha value is -2.28. The van der Waals surface area contributed by atoms with E-state index in [4.69, 9.17) is 40.5 Å². The minimum atomic E-state index is -0.513. The van der Waals surface area contributed by atoms with Crippen LogP contribution in [-0.2, 0) is 0 Å². The van der Waals surface area contributed by atoms with Gasteiger partial charge in [0.2, 0.25) is 0 Å². The number of nitrogens with one attached hydrogen (secondary N) is 2. The minimum absolute atomic E-state index is 0.0123. The minimum Gasteiger partial charge on any atom is -0.393 e. The van der Waals surface area contributed by atoms with Crippen LogP contribution in [0.15, 0.2) is 42.7 Å². The summed E-state index contributed by atoms with van der Waals surface area (Å²) in [6.07, 6.45) is 1.32. The lowest BCUT2D eigenvalue weighted by Gasteiger charge is -2.13. The van der Waals surface area contributed by atoms with Crippen LogP contribution < -0.4 is 16.4 Å². The number of anilines is 5. The first-order valence-electron chi connectivity index (χ1n) is 6.98. The molecule has 3 aromatic rings. The maximum atomic E-state index is 13.3. The molecule has 25 heavy (non-hydrogen) atoms. The van der Waals surface area contributed by atoms with Crippen molar-refractivity contribution in [2.45, 2.75) is 0 Å². The van der Waals surface area contributed by atoms with Crippen LogP contribution in [0.3, 0.4) is 0 Å². The SMILES string of the molecule is Nc1c(Nc2ccc(F)c(Cl)c2)ncnc1Nc1cc(Cl)ccc1Cl. The molecule has 4 N–H and O–H groups in total. The molecule has 0 amide bonds. The van der Waals surface area contributed by atoms with E-state index in [1.54, 1.807) is 18.2 Å². The van der Waals surface area contributed by atoms with E-state index >= 15 is 0 Å². The lowest BCUT2D eigenvalue weighted by atomic mass is 10.3. The van der Waals surface area contributed by atoms with Crippen LogP contribution in [0.4, 0.5) is 33.1 Å². The van der Waals surface area contributed by atoms with Gasteiger partial charge in [0.15, 0.2) is 11.6 Å². The van der Waals surface area contributed by atoms with Gasteiger partial charge in [-0.05, 0) is 36.4 Å². The summed E-state index contributed by atoms with van der Waals surface area (Å²) in [5.74, 6) is 0.161. The number of nitrogens with two attached hydrogens (primary N) is 1. The Kier molecular flexibility index (Phi) is 5.13. The number of nitrogens with zero attached hydrogens (tertiary/aromatic N) is 2. The Morgan fingerprint density at radius 3 is 2.32 bits per heavy atom. The van der Waals surface area contributed by atoms with Gasteiger partial charge in [0.1, 0.15) is 17.8 Å². The lowest BCUT2D eigenvalue weighted by Crippen LogP contribution is -2.05. The van der Waals surface area contributed by atoms with Crippen LogP contribution in [0.5, 0.6) is 0 Å². The molecule has 2 aromatic carbocycles. The second-order valence-electron chi connectivity index (χ2n) is 4.99. The van der Waals surface area contributed by atoms with Crippen molar-refractivity contribution in [3.8, 4) is 0 Å². The monoisotopic (exact) mass is 397 g/mol. The highest BCUT2D eigenvalue weighted by molar-refractivity contribution is 6.35. The predicted octanol–water partition coefficient (Wildman–Crippen LogP) is 5.65. The molecule has 0 fully saturated rings. The third-order valence-electron chi connectivity index (χ3n) is 3.25. The molecule has 0 radical (unpaired) electrons. The molecular weight excluding hydrogens is 388 g/mol. The molecule has 0 spiro atoms. The highest BCUT2D eigenvalue weighted by Gasteiger charge is 2.11. The van der Waals surface area contributed by atoms with E-state index in [0.29, 0.717) is 33.1 Å². The summed E-state index contributed by atoms with van der Waals surface area (Å²) in [6, 6.07) is 9.17. The highest BCUT2D eigenvalue weighted by atomic mass is 35.5. The number of rotatable bonds is 4. The molecule has 128 valence electrons. The molecule has 1 aromatic heterocycles. The molecule has 0 aliphatic heterocycles. The van der Waals surface area contributed by atoms with Crippen LogP contribution in [0, 0.1) is 5.82 Å². The van der Waals surface area contributed by atoms with E-state index in [1.807, 2.05) is 0 Å². The summed E-state index contributed by atoms with van der Waals surface area (Å²) in [5, 5.41) is 6.94. The van der Waals surface area contributed by atoms with E-state index < -0.39 is 5.82 Å². The molecular formula is C16H11Cl3FN5. The molecule has 3 rings (SSSR count). The zero-order chi connectivity index (χ0) is 18.0. The topological polar surface area (TPSA) is 75.9 Å². The molecule has 0 unspecified atom stereocenters. The van der Waals surface area contributed by atoms with Crippen molar-refractivity contribution >= 4 is 63.5 Å². The smallest absolute Gasteiger partial charge is 0.159 e. The van der Waals surface area contributed by atoms with Gasteiger partial charge in [0.25, 0.3) is 0 Å². The van der Waals surface area contributed by atoms with Gasteiger partial charge in [0.05, 0.1) is 15.7 Å². The van der Waals surface area contributed by atoms with Crippen LogP contribution >= 0.6 is 34.8 Å². The molecule has 0 bridgehead atoms. The van der Waals surface area contributed by atoms with E-state index in [1.165, 1.54) is 24.5 Å². The summed E-state index contributed by atoms with van der Waals surface area (Å²) in [7, 11) is 0. The van der Waals surface area contributed by atoms with Crippen molar-refractivity contribution in [3.05, 3.63) is 63.6 Å². The first-order valence-corrected chi connectivity index (χ1v) is 8.12. The fourth-order valence-electron chi connectivity index (χ4n) is 2.03. The average Bonchev–Trinajstić information content (AvgIpc) is 2.58. The summed E-state index contributed by atoms with van der Waals surface area (Å²) < 4.78 is 13.3. The van der Waals surface area contributed by atoms with Gasteiger partial charge in [-0.1, -0.05) is 34.8 Å². The largest absolute Gasteiger partial charge is 0.393 e. The van der Waals surface area contributed by atoms with Gasteiger partial charge in [-0.15, -0.1) is 0 Å². The van der Waals surface area contributed by atoms with Crippen LogP contribution in [-0.4, -0.2) is 9.97 Å². The van der Waals surface area contributed by atoms with Crippen molar-refractivity contribution in [3.63, 3.8) is 0 Å². The third-order valence-corrected chi connectivity index (χ3v) is 4.10. The fourth-order valence-corrected chi connectivity index (χ4v) is 2.54. The number of nitrogen functional groups attached to an aromatic ring is 1. The predicted molar refractivity (Wildman–Crippen MR) is 101 cm³/mol. The standard InChI is InChI=1S/C16H11Cl3FN5/c17-8-1-3-10(18)13(5-8)25-16-14(21)15(22-7-23-16)24-9-2-4-12(20)11(19)6-9/h1-7H,21H2,(H2,22,23,24,25). The van der Waals surface area contributed by atoms with Crippen molar-refractivity contribution in [2.75, 3.05) is 16.4 Å². The fraction of sp³-hybridized carbons (Fsp3) is 0. The molecule has 0 aliphatic carbocycles. The zero-order valence-corrected chi connectivity index (χ0v) is 14.8. The van der Waals surface area contributed by atoms with Gasteiger partial charge in [-0.25, -0.2) is 14.4 Å². The van der Waals surface area contributed by atoms with Gasteiger partial charge < -0.3 is 16.4 Å². The van der Waals surface area contributed by atoms with E-state index in [-0.39, 0.29) is 10.7 Å². The van der Waals surface area contributed by atoms with Crippen molar-refractivity contribution in [1.82, 2.24) is 9.97 Å². The molecule has 0 saturated carbocycles. The van der Waals surface area contributed by atoms with E-state index in [2.05, 4.69) is 20.6 Å². The Morgan fingerprint density at radius 1 is 0.880 bits per heavy atom. The van der Waals surface area contributed by atoms with Gasteiger partial charge >= 0.3 is 0 Å². The number of halogens is 4. The Labute approximate surface area is 157 Å².